The molecule has 20 heavy (non-hydrogen) atoms. The van der Waals surface area contributed by atoms with Gasteiger partial charge in [0.25, 0.3) is 0 Å². The first kappa shape index (κ1) is 15.6. The maximum atomic E-state index is 10.1. The Labute approximate surface area is 126 Å². The van der Waals surface area contributed by atoms with Crippen LogP contribution in [0.2, 0.25) is 5.02 Å². The Balaban J connectivity index is 2.14. The van der Waals surface area contributed by atoms with Gasteiger partial charge in [-0.05, 0) is 43.0 Å². The first-order valence-corrected chi connectivity index (χ1v) is 7.91. The Morgan fingerprint density at radius 1 is 1.45 bits per heavy atom. The summed E-state index contributed by atoms with van der Waals surface area (Å²) < 4.78 is 0. The number of nitrogens with zero attached hydrogens (tertiary/aromatic N) is 1. The summed E-state index contributed by atoms with van der Waals surface area (Å²) >= 11 is 6.15. The summed E-state index contributed by atoms with van der Waals surface area (Å²) in [6.45, 7) is 7.83. The van der Waals surface area contributed by atoms with E-state index in [-0.39, 0.29) is 6.10 Å². The van der Waals surface area contributed by atoms with Gasteiger partial charge >= 0.3 is 0 Å². The van der Waals surface area contributed by atoms with Crippen LogP contribution in [0.5, 0.6) is 0 Å². The number of anilines is 1. The number of β-amino-alcohol motifs (C(OH)–C–C–N with tert-alkyl or cyclic N) is 1. The van der Waals surface area contributed by atoms with Crippen LogP contribution in [-0.4, -0.2) is 30.8 Å². The predicted molar refractivity (Wildman–Crippen MR) is 85.5 cm³/mol. The zero-order chi connectivity index (χ0) is 14.5. The number of benzene rings is 1. The Kier molecular flexibility index (Phi) is 5.70. The van der Waals surface area contributed by atoms with E-state index in [1.54, 1.807) is 0 Å². The van der Waals surface area contributed by atoms with Crippen LogP contribution in [0.1, 0.15) is 32.3 Å². The van der Waals surface area contributed by atoms with Crippen molar-refractivity contribution in [2.24, 2.45) is 5.92 Å². The average Bonchev–Trinajstić information content (AvgIpc) is 2.44. The minimum absolute atomic E-state index is 0.251. The van der Waals surface area contributed by atoms with Crippen LogP contribution < -0.4 is 10.2 Å². The molecule has 4 heteroatoms. The zero-order valence-electron chi connectivity index (χ0n) is 12.4. The molecule has 1 aliphatic rings. The van der Waals surface area contributed by atoms with Gasteiger partial charge in [-0.25, -0.2) is 0 Å². The molecule has 2 unspecified atom stereocenters. The van der Waals surface area contributed by atoms with E-state index in [4.69, 9.17) is 11.6 Å². The van der Waals surface area contributed by atoms with E-state index < -0.39 is 0 Å². The minimum Gasteiger partial charge on any atom is -0.391 e. The van der Waals surface area contributed by atoms with Crippen molar-refractivity contribution in [3.8, 4) is 0 Å². The lowest BCUT2D eigenvalue weighted by Crippen LogP contribution is -2.43. The van der Waals surface area contributed by atoms with Crippen molar-refractivity contribution in [2.45, 2.75) is 39.3 Å². The maximum absolute atomic E-state index is 10.1. The molecule has 112 valence electrons. The third-order valence-electron chi connectivity index (χ3n) is 4.05. The average molecular weight is 297 g/mol. The van der Waals surface area contributed by atoms with Crippen LogP contribution in [0.3, 0.4) is 0 Å². The molecule has 1 aromatic rings. The largest absolute Gasteiger partial charge is 0.391 e. The van der Waals surface area contributed by atoms with Gasteiger partial charge in [-0.3, -0.25) is 0 Å². The first-order chi connectivity index (χ1) is 9.61. The molecule has 2 N–H and O–H groups in total. The van der Waals surface area contributed by atoms with Crippen LogP contribution in [0.15, 0.2) is 18.2 Å². The Bertz CT molecular complexity index is 438. The SMILES string of the molecule is CCCNCc1ccc(Cl)cc1N1CCC(C)C(O)C1. The molecule has 3 nitrogen and oxygen atoms in total. The molecule has 0 saturated carbocycles. The number of halogens is 1. The molecule has 0 amide bonds. The molecule has 1 heterocycles. The number of aliphatic hydroxyl groups is 1. The molecule has 2 rings (SSSR count). The highest BCUT2D eigenvalue weighted by Gasteiger charge is 2.25. The second-order valence-corrected chi connectivity index (χ2v) is 6.17. The van der Waals surface area contributed by atoms with E-state index in [1.807, 2.05) is 12.1 Å². The standard InChI is InChI=1S/C16H25ClN2O/c1-3-7-18-10-13-4-5-14(17)9-15(13)19-8-6-12(2)16(20)11-19/h4-5,9,12,16,18,20H,3,6-8,10-11H2,1-2H3. The quantitative estimate of drug-likeness (QED) is 0.820. The highest BCUT2D eigenvalue weighted by atomic mass is 35.5. The molecule has 0 radical (unpaired) electrons. The molecular weight excluding hydrogens is 272 g/mol. The number of rotatable bonds is 5. The van der Waals surface area contributed by atoms with Gasteiger partial charge in [0.05, 0.1) is 6.10 Å². The van der Waals surface area contributed by atoms with Crippen molar-refractivity contribution >= 4 is 17.3 Å². The van der Waals surface area contributed by atoms with Crippen LogP contribution in [0, 0.1) is 5.92 Å². The Morgan fingerprint density at radius 3 is 2.95 bits per heavy atom. The van der Waals surface area contributed by atoms with Crippen molar-refractivity contribution < 1.29 is 5.11 Å². The highest BCUT2D eigenvalue weighted by Crippen LogP contribution is 2.29. The van der Waals surface area contributed by atoms with Gasteiger partial charge in [0.1, 0.15) is 0 Å². The topological polar surface area (TPSA) is 35.5 Å². The summed E-state index contributed by atoms with van der Waals surface area (Å²) in [6.07, 6.45) is 1.90. The van der Waals surface area contributed by atoms with E-state index in [1.165, 1.54) is 5.56 Å². The number of aliphatic hydroxyl groups excluding tert-OH is 1. The molecule has 1 saturated heterocycles. The van der Waals surface area contributed by atoms with Crippen molar-refractivity contribution in [3.05, 3.63) is 28.8 Å². The lowest BCUT2D eigenvalue weighted by Gasteiger charge is -2.37. The Hall–Kier alpha value is -0.770. The number of hydrogen-bond acceptors (Lipinski definition) is 3. The van der Waals surface area contributed by atoms with Gasteiger partial charge in [0.2, 0.25) is 0 Å². The summed E-state index contributed by atoms with van der Waals surface area (Å²) in [5.41, 5.74) is 2.41. The highest BCUT2D eigenvalue weighted by molar-refractivity contribution is 6.30. The summed E-state index contributed by atoms with van der Waals surface area (Å²) in [5, 5.41) is 14.3. The van der Waals surface area contributed by atoms with Crippen LogP contribution >= 0.6 is 11.6 Å². The molecule has 0 spiro atoms. The second-order valence-electron chi connectivity index (χ2n) is 5.73. The normalized spacial score (nSPS) is 23.1. The van der Waals surface area contributed by atoms with Crippen LogP contribution in [0.4, 0.5) is 5.69 Å². The number of piperidine rings is 1. The molecule has 0 aromatic heterocycles. The first-order valence-electron chi connectivity index (χ1n) is 7.54. The van der Waals surface area contributed by atoms with Crippen molar-refractivity contribution in [1.29, 1.82) is 0 Å². The van der Waals surface area contributed by atoms with Crippen LogP contribution in [-0.2, 0) is 6.54 Å². The fourth-order valence-corrected chi connectivity index (χ4v) is 2.81. The maximum Gasteiger partial charge on any atom is 0.0741 e. The van der Waals surface area contributed by atoms with E-state index in [0.717, 1.165) is 43.2 Å². The van der Waals surface area contributed by atoms with Gasteiger partial charge in [-0.1, -0.05) is 31.5 Å². The number of nitrogens with one attached hydrogen (secondary N) is 1. The molecule has 1 aliphatic heterocycles. The number of hydrogen-bond donors (Lipinski definition) is 2. The molecule has 1 aromatic carbocycles. The summed E-state index contributed by atoms with van der Waals surface area (Å²) in [7, 11) is 0. The smallest absolute Gasteiger partial charge is 0.0741 e. The molecular formula is C16H25ClN2O. The summed E-state index contributed by atoms with van der Waals surface area (Å²) in [4.78, 5) is 2.26. The van der Waals surface area contributed by atoms with Crippen molar-refractivity contribution in [3.63, 3.8) is 0 Å². The van der Waals surface area contributed by atoms with E-state index in [2.05, 4.69) is 30.1 Å². The van der Waals surface area contributed by atoms with Crippen molar-refractivity contribution in [2.75, 3.05) is 24.5 Å². The molecule has 0 bridgehead atoms. The van der Waals surface area contributed by atoms with Crippen molar-refractivity contribution in [1.82, 2.24) is 5.32 Å². The second kappa shape index (κ2) is 7.30. The zero-order valence-corrected chi connectivity index (χ0v) is 13.2. The third-order valence-corrected chi connectivity index (χ3v) is 4.28. The molecule has 0 aliphatic carbocycles. The van der Waals surface area contributed by atoms with Gasteiger partial charge in [-0.15, -0.1) is 0 Å². The fraction of sp³-hybridized carbons (Fsp3) is 0.625. The molecule has 2 atom stereocenters. The van der Waals surface area contributed by atoms with E-state index >= 15 is 0 Å². The van der Waals surface area contributed by atoms with Gasteiger partial charge in [0.15, 0.2) is 0 Å². The fourth-order valence-electron chi connectivity index (χ4n) is 2.65. The Morgan fingerprint density at radius 2 is 2.25 bits per heavy atom. The van der Waals surface area contributed by atoms with Gasteiger partial charge < -0.3 is 15.3 Å². The lowest BCUT2D eigenvalue weighted by molar-refractivity contribution is 0.103. The monoisotopic (exact) mass is 296 g/mol. The molecule has 1 fully saturated rings. The van der Waals surface area contributed by atoms with E-state index in [0.29, 0.717) is 12.5 Å². The van der Waals surface area contributed by atoms with Gasteiger partial charge in [0, 0.05) is 30.3 Å². The summed E-state index contributed by atoms with van der Waals surface area (Å²) in [6, 6.07) is 6.05. The minimum atomic E-state index is -0.251. The summed E-state index contributed by atoms with van der Waals surface area (Å²) in [5.74, 6) is 0.382. The third kappa shape index (κ3) is 3.87. The van der Waals surface area contributed by atoms with E-state index in [9.17, 15) is 5.11 Å². The lowest BCUT2D eigenvalue weighted by atomic mass is 9.95. The van der Waals surface area contributed by atoms with Crippen LogP contribution in [0.25, 0.3) is 0 Å². The van der Waals surface area contributed by atoms with Gasteiger partial charge in [-0.2, -0.15) is 0 Å². The predicted octanol–water partition coefficient (Wildman–Crippen LogP) is 3.05.